The first-order valence-corrected chi connectivity index (χ1v) is 5.16. The van der Waals surface area contributed by atoms with Crippen LogP contribution in [-0.2, 0) is 4.79 Å². The predicted octanol–water partition coefficient (Wildman–Crippen LogP) is 1.88. The van der Waals surface area contributed by atoms with Crippen LogP contribution in [0.3, 0.4) is 0 Å². The van der Waals surface area contributed by atoms with E-state index >= 15 is 0 Å². The molecular formula is C12H17NO2. The minimum absolute atomic E-state index is 0.452. The number of likely N-dealkylation sites (N-methyl/N-ethyl adjacent to an activating group) is 1. The fraction of sp³-hybridized carbons (Fsp3) is 0.417. The maximum atomic E-state index is 10.8. The molecule has 15 heavy (non-hydrogen) atoms. The van der Waals surface area contributed by atoms with Crippen molar-refractivity contribution in [3.8, 4) is 0 Å². The van der Waals surface area contributed by atoms with Crippen molar-refractivity contribution < 1.29 is 9.90 Å². The first kappa shape index (κ1) is 11.7. The molecule has 0 aliphatic heterocycles. The van der Waals surface area contributed by atoms with Crippen molar-refractivity contribution in [2.45, 2.75) is 25.3 Å². The topological polar surface area (TPSA) is 49.3 Å². The minimum atomic E-state index is -0.786. The van der Waals surface area contributed by atoms with Gasteiger partial charge in [0.1, 0.15) is 6.04 Å². The maximum absolute atomic E-state index is 10.8. The first-order chi connectivity index (χ1) is 7.24. The normalized spacial score (nSPS) is 17.0. The van der Waals surface area contributed by atoms with Gasteiger partial charge in [-0.25, -0.2) is 0 Å². The number of hydrogen-bond acceptors (Lipinski definition) is 2. The SMILES string of the molecule is CNC(CCC1=CC=CCC=C1)C(=O)O. The molecule has 0 aromatic carbocycles. The number of rotatable bonds is 5. The first-order valence-electron chi connectivity index (χ1n) is 5.16. The van der Waals surface area contributed by atoms with Crippen LogP contribution in [-0.4, -0.2) is 24.2 Å². The van der Waals surface area contributed by atoms with Crippen molar-refractivity contribution in [3.05, 3.63) is 36.0 Å². The van der Waals surface area contributed by atoms with Crippen molar-refractivity contribution in [2.75, 3.05) is 7.05 Å². The van der Waals surface area contributed by atoms with E-state index in [1.54, 1.807) is 7.05 Å². The molecule has 0 heterocycles. The molecule has 0 fully saturated rings. The molecule has 0 aromatic heterocycles. The monoisotopic (exact) mass is 207 g/mol. The van der Waals surface area contributed by atoms with Crippen molar-refractivity contribution in [1.29, 1.82) is 0 Å². The summed E-state index contributed by atoms with van der Waals surface area (Å²) in [5, 5.41) is 11.6. The van der Waals surface area contributed by atoms with Crippen molar-refractivity contribution in [3.63, 3.8) is 0 Å². The third-order valence-electron chi connectivity index (χ3n) is 2.42. The van der Waals surface area contributed by atoms with Gasteiger partial charge in [0.2, 0.25) is 0 Å². The highest BCUT2D eigenvalue weighted by molar-refractivity contribution is 5.73. The van der Waals surface area contributed by atoms with Gasteiger partial charge in [0, 0.05) is 0 Å². The van der Waals surface area contributed by atoms with Gasteiger partial charge >= 0.3 is 5.97 Å². The van der Waals surface area contributed by atoms with Gasteiger partial charge in [0.25, 0.3) is 0 Å². The van der Waals surface area contributed by atoms with E-state index in [2.05, 4.69) is 23.5 Å². The molecule has 0 bridgehead atoms. The van der Waals surface area contributed by atoms with Crippen molar-refractivity contribution in [1.82, 2.24) is 5.32 Å². The second-order valence-electron chi connectivity index (χ2n) is 3.53. The van der Waals surface area contributed by atoms with E-state index in [9.17, 15) is 4.79 Å². The summed E-state index contributed by atoms with van der Waals surface area (Å²) in [7, 11) is 1.68. The van der Waals surface area contributed by atoms with Crippen LogP contribution in [0.15, 0.2) is 36.0 Å². The lowest BCUT2D eigenvalue weighted by molar-refractivity contribution is -0.139. The molecule has 0 aromatic rings. The number of aliphatic carboxylic acids is 1. The number of carboxylic acid groups (broad SMARTS) is 1. The molecule has 1 aliphatic rings. The largest absolute Gasteiger partial charge is 0.480 e. The van der Waals surface area contributed by atoms with E-state index in [1.807, 2.05) is 12.2 Å². The molecule has 3 heteroatoms. The van der Waals surface area contributed by atoms with Crippen LogP contribution in [0.1, 0.15) is 19.3 Å². The summed E-state index contributed by atoms with van der Waals surface area (Å²) in [4.78, 5) is 10.8. The van der Waals surface area contributed by atoms with Gasteiger partial charge in [-0.2, -0.15) is 0 Å². The molecule has 0 saturated heterocycles. The van der Waals surface area contributed by atoms with Crippen LogP contribution in [0.5, 0.6) is 0 Å². The molecule has 0 spiro atoms. The molecule has 3 nitrogen and oxygen atoms in total. The Morgan fingerprint density at radius 1 is 1.60 bits per heavy atom. The Bertz CT molecular complexity index is 303. The highest BCUT2D eigenvalue weighted by Gasteiger charge is 2.14. The maximum Gasteiger partial charge on any atom is 0.320 e. The summed E-state index contributed by atoms with van der Waals surface area (Å²) in [6.07, 6.45) is 12.7. The third kappa shape index (κ3) is 4.13. The van der Waals surface area contributed by atoms with Gasteiger partial charge < -0.3 is 10.4 Å². The van der Waals surface area contributed by atoms with E-state index < -0.39 is 12.0 Å². The van der Waals surface area contributed by atoms with Gasteiger partial charge in [-0.05, 0) is 31.9 Å². The average Bonchev–Trinajstić information content (AvgIpc) is 2.46. The Balaban J connectivity index is 2.45. The summed E-state index contributed by atoms with van der Waals surface area (Å²) in [6, 6.07) is -0.452. The smallest absolute Gasteiger partial charge is 0.320 e. The summed E-state index contributed by atoms with van der Waals surface area (Å²) >= 11 is 0. The van der Waals surface area contributed by atoms with Gasteiger partial charge in [-0.15, -0.1) is 0 Å². The van der Waals surface area contributed by atoms with Crippen LogP contribution in [0.2, 0.25) is 0 Å². The minimum Gasteiger partial charge on any atom is -0.480 e. The molecular weight excluding hydrogens is 190 g/mol. The summed E-state index contributed by atoms with van der Waals surface area (Å²) in [6.45, 7) is 0. The molecule has 82 valence electrons. The Labute approximate surface area is 90.2 Å². The van der Waals surface area contributed by atoms with Gasteiger partial charge in [-0.1, -0.05) is 30.4 Å². The summed E-state index contributed by atoms with van der Waals surface area (Å²) in [5.74, 6) is -0.786. The number of carbonyl (C=O) groups is 1. The molecule has 0 radical (unpaired) electrons. The van der Waals surface area contributed by atoms with E-state index in [-0.39, 0.29) is 0 Å². The van der Waals surface area contributed by atoms with Crippen LogP contribution in [0.25, 0.3) is 0 Å². The molecule has 1 unspecified atom stereocenters. The summed E-state index contributed by atoms with van der Waals surface area (Å²) < 4.78 is 0. The van der Waals surface area contributed by atoms with Crippen LogP contribution in [0, 0.1) is 0 Å². The van der Waals surface area contributed by atoms with Crippen molar-refractivity contribution >= 4 is 5.97 Å². The number of carboxylic acids is 1. The van der Waals surface area contributed by atoms with Gasteiger partial charge in [0.05, 0.1) is 0 Å². The number of nitrogens with one attached hydrogen (secondary N) is 1. The van der Waals surface area contributed by atoms with Crippen LogP contribution < -0.4 is 5.32 Å². The third-order valence-corrected chi connectivity index (χ3v) is 2.42. The van der Waals surface area contributed by atoms with E-state index in [0.29, 0.717) is 6.42 Å². The summed E-state index contributed by atoms with van der Waals surface area (Å²) in [5.41, 5.74) is 1.19. The Kier molecular flexibility index (Phi) is 4.84. The fourth-order valence-electron chi connectivity index (χ4n) is 1.49. The second kappa shape index (κ2) is 6.19. The molecule has 1 rings (SSSR count). The van der Waals surface area contributed by atoms with Crippen molar-refractivity contribution in [2.24, 2.45) is 0 Å². The second-order valence-corrected chi connectivity index (χ2v) is 3.53. The van der Waals surface area contributed by atoms with E-state index in [4.69, 9.17) is 5.11 Å². The lowest BCUT2D eigenvalue weighted by atomic mass is 10.1. The van der Waals surface area contributed by atoms with E-state index in [1.165, 1.54) is 5.57 Å². The Morgan fingerprint density at radius 2 is 2.40 bits per heavy atom. The molecule has 0 amide bonds. The van der Waals surface area contributed by atoms with Gasteiger partial charge in [0.15, 0.2) is 0 Å². The quantitative estimate of drug-likeness (QED) is 0.723. The standard InChI is InChI=1S/C12H17NO2/c1-13-11(12(14)15)9-8-10-6-4-2-3-5-7-10/h2,4-7,11,13H,3,8-9H2,1H3,(H,14,15). The zero-order valence-electron chi connectivity index (χ0n) is 8.94. The zero-order chi connectivity index (χ0) is 11.1. The molecule has 2 N–H and O–H groups in total. The molecule has 1 atom stereocenters. The fourth-order valence-corrected chi connectivity index (χ4v) is 1.49. The van der Waals surface area contributed by atoms with Crippen LogP contribution in [0.4, 0.5) is 0 Å². The molecule has 1 aliphatic carbocycles. The predicted molar refractivity (Wildman–Crippen MR) is 60.7 cm³/mol. The zero-order valence-corrected chi connectivity index (χ0v) is 8.94. The Hall–Kier alpha value is -1.35. The lowest BCUT2D eigenvalue weighted by Crippen LogP contribution is -2.33. The highest BCUT2D eigenvalue weighted by atomic mass is 16.4. The highest BCUT2D eigenvalue weighted by Crippen LogP contribution is 2.12. The average molecular weight is 207 g/mol. The van der Waals surface area contributed by atoms with Gasteiger partial charge in [-0.3, -0.25) is 4.79 Å². The Morgan fingerprint density at radius 3 is 3.07 bits per heavy atom. The number of allylic oxidation sites excluding steroid dienone is 6. The number of hydrogen-bond donors (Lipinski definition) is 2. The lowest BCUT2D eigenvalue weighted by Gasteiger charge is -2.10. The van der Waals surface area contributed by atoms with E-state index in [0.717, 1.165) is 12.8 Å². The molecule has 0 saturated carbocycles. The van der Waals surface area contributed by atoms with Crippen LogP contribution >= 0.6 is 0 Å².